The number of para-hydroxylation sites is 1. The molecule has 0 unspecified atom stereocenters. The Morgan fingerprint density at radius 3 is 2.50 bits per heavy atom. The highest BCUT2D eigenvalue weighted by molar-refractivity contribution is 14.1. The number of benzene rings is 2. The van der Waals surface area contributed by atoms with Gasteiger partial charge >= 0.3 is 0 Å². The van der Waals surface area contributed by atoms with Crippen LogP contribution in [0.1, 0.15) is 49.2 Å². The molecule has 1 heterocycles. The van der Waals surface area contributed by atoms with E-state index in [2.05, 4.69) is 63.3 Å². The lowest BCUT2D eigenvalue weighted by Gasteiger charge is -2.14. The van der Waals surface area contributed by atoms with Crippen LogP contribution in [0.15, 0.2) is 41.6 Å². The van der Waals surface area contributed by atoms with E-state index in [1.54, 1.807) is 0 Å². The molecule has 3 rings (SSSR count). The van der Waals surface area contributed by atoms with Crippen LogP contribution in [0.5, 0.6) is 5.75 Å². The second kappa shape index (κ2) is 13.1. The molecule has 0 saturated heterocycles. The molecule has 1 aromatic heterocycles. The van der Waals surface area contributed by atoms with Crippen LogP contribution in [0, 0.1) is 17.4 Å². The third kappa shape index (κ3) is 7.45. The molecule has 0 aliphatic rings. The van der Waals surface area contributed by atoms with Gasteiger partial charge in [-0.1, -0.05) is 43.8 Å². The van der Waals surface area contributed by atoms with Crippen molar-refractivity contribution in [2.75, 3.05) is 17.7 Å². The molecule has 0 radical (unpaired) electrons. The molecular weight excluding hydrogens is 589 g/mol. The third-order valence-electron chi connectivity index (χ3n) is 5.55. The molecule has 0 fully saturated rings. The summed E-state index contributed by atoms with van der Waals surface area (Å²) in [6.45, 7) is 10.9. The average Bonchev–Trinajstić information content (AvgIpc) is 3.23. The highest BCUT2D eigenvalue weighted by Gasteiger charge is 2.16. The summed E-state index contributed by atoms with van der Waals surface area (Å²) in [5, 5.41) is 14.9. The monoisotopic (exact) mass is 621 g/mol. The topological polar surface area (TPSA) is 98.1 Å². The molecule has 0 atom stereocenters. The first kappa shape index (κ1) is 28.0. The van der Waals surface area contributed by atoms with Crippen molar-refractivity contribution >= 4 is 51.9 Å². The minimum atomic E-state index is -0.240. The molecule has 0 aliphatic carbocycles. The van der Waals surface area contributed by atoms with Gasteiger partial charge in [0.25, 0.3) is 5.91 Å². The molecular formula is C26H32IN5O3S. The van der Waals surface area contributed by atoms with Crippen molar-refractivity contribution in [1.29, 1.82) is 0 Å². The SMILES string of the molecule is CCn1c(CNC(=O)COc2c(C)cccc2C)nnc1SCC(=O)Nc1ccc(I)cc1C(C)C. The summed E-state index contributed by atoms with van der Waals surface area (Å²) < 4.78 is 8.75. The fourth-order valence-corrected chi connectivity index (χ4v) is 5.05. The standard InChI is InChI=1S/C26H32IN5O3S/c1-6-32-22(13-28-23(33)14-35-25-17(4)8-7-9-18(25)5)30-31-26(32)36-15-24(34)29-21-11-10-19(27)12-20(21)16(2)3/h7-12,16H,6,13-15H2,1-5H3,(H,28,33)(H,29,34). The molecule has 0 saturated carbocycles. The summed E-state index contributed by atoms with van der Waals surface area (Å²) in [6, 6.07) is 11.9. The van der Waals surface area contributed by atoms with Crippen molar-refractivity contribution in [3.63, 3.8) is 0 Å². The Kier molecular flexibility index (Phi) is 10.2. The molecule has 0 spiro atoms. The van der Waals surface area contributed by atoms with Crippen molar-refractivity contribution < 1.29 is 14.3 Å². The Hall–Kier alpha value is -2.60. The summed E-state index contributed by atoms with van der Waals surface area (Å²) in [6.07, 6.45) is 0. The highest BCUT2D eigenvalue weighted by Crippen LogP contribution is 2.27. The maximum atomic E-state index is 12.6. The van der Waals surface area contributed by atoms with Crippen LogP contribution in [-0.2, 0) is 22.7 Å². The van der Waals surface area contributed by atoms with E-state index in [0.29, 0.717) is 23.4 Å². The van der Waals surface area contributed by atoms with Gasteiger partial charge < -0.3 is 19.9 Å². The zero-order valence-corrected chi connectivity index (χ0v) is 24.2. The molecule has 2 N–H and O–H groups in total. The van der Waals surface area contributed by atoms with Gasteiger partial charge in [0, 0.05) is 15.8 Å². The van der Waals surface area contributed by atoms with Crippen LogP contribution >= 0.6 is 34.4 Å². The zero-order valence-electron chi connectivity index (χ0n) is 21.2. The van der Waals surface area contributed by atoms with Gasteiger partial charge in [0.05, 0.1) is 12.3 Å². The first-order valence-electron chi connectivity index (χ1n) is 11.8. The third-order valence-corrected chi connectivity index (χ3v) is 7.19. The summed E-state index contributed by atoms with van der Waals surface area (Å²) in [5.41, 5.74) is 3.92. The van der Waals surface area contributed by atoms with Gasteiger partial charge in [-0.05, 0) is 84.2 Å². The number of halogens is 1. The van der Waals surface area contributed by atoms with Crippen LogP contribution in [0.3, 0.4) is 0 Å². The van der Waals surface area contributed by atoms with Gasteiger partial charge in [-0.25, -0.2) is 0 Å². The van der Waals surface area contributed by atoms with E-state index >= 15 is 0 Å². The molecule has 2 amide bonds. The molecule has 0 bridgehead atoms. The smallest absolute Gasteiger partial charge is 0.258 e. The van der Waals surface area contributed by atoms with Crippen LogP contribution in [0.25, 0.3) is 0 Å². The predicted molar refractivity (Wildman–Crippen MR) is 152 cm³/mol. The Morgan fingerprint density at radius 2 is 1.83 bits per heavy atom. The lowest BCUT2D eigenvalue weighted by Crippen LogP contribution is -2.29. The Balaban J connectivity index is 1.53. The van der Waals surface area contributed by atoms with Crippen LogP contribution in [0.2, 0.25) is 0 Å². The number of aromatic nitrogens is 3. The number of anilines is 1. The van der Waals surface area contributed by atoms with E-state index in [9.17, 15) is 9.59 Å². The Labute approximate surface area is 230 Å². The number of ether oxygens (including phenoxy) is 1. The maximum Gasteiger partial charge on any atom is 0.258 e. The Morgan fingerprint density at radius 1 is 1.11 bits per heavy atom. The van der Waals surface area contributed by atoms with Gasteiger partial charge in [-0.15, -0.1) is 10.2 Å². The van der Waals surface area contributed by atoms with Gasteiger partial charge in [-0.3, -0.25) is 9.59 Å². The molecule has 2 aromatic carbocycles. The summed E-state index contributed by atoms with van der Waals surface area (Å²) in [4.78, 5) is 25.0. The quantitative estimate of drug-likeness (QED) is 0.229. The van der Waals surface area contributed by atoms with Gasteiger partial charge in [0.1, 0.15) is 5.75 Å². The maximum absolute atomic E-state index is 12.6. The molecule has 0 aliphatic heterocycles. The lowest BCUT2D eigenvalue weighted by molar-refractivity contribution is -0.123. The molecule has 3 aromatic rings. The van der Waals surface area contributed by atoms with Crippen molar-refractivity contribution in [2.45, 2.75) is 58.8 Å². The van der Waals surface area contributed by atoms with E-state index < -0.39 is 0 Å². The number of hydrogen-bond donors (Lipinski definition) is 2. The number of carbonyl (C=O) groups excluding carboxylic acids is 2. The van der Waals surface area contributed by atoms with E-state index in [1.807, 2.05) is 55.7 Å². The first-order chi connectivity index (χ1) is 17.2. The zero-order chi connectivity index (χ0) is 26.2. The first-order valence-corrected chi connectivity index (χ1v) is 13.9. The second-order valence-electron chi connectivity index (χ2n) is 8.65. The Bertz CT molecular complexity index is 1210. The van der Waals surface area contributed by atoms with E-state index in [0.717, 1.165) is 31.7 Å². The number of hydrogen-bond acceptors (Lipinski definition) is 6. The summed E-state index contributed by atoms with van der Waals surface area (Å²) in [7, 11) is 0. The highest BCUT2D eigenvalue weighted by atomic mass is 127. The van der Waals surface area contributed by atoms with Crippen LogP contribution in [0.4, 0.5) is 5.69 Å². The predicted octanol–water partition coefficient (Wildman–Crippen LogP) is 5.07. The number of thioether (sulfide) groups is 1. The van der Waals surface area contributed by atoms with E-state index in [4.69, 9.17) is 4.74 Å². The molecule has 36 heavy (non-hydrogen) atoms. The minimum absolute atomic E-state index is 0.0787. The molecule has 192 valence electrons. The largest absolute Gasteiger partial charge is 0.483 e. The lowest BCUT2D eigenvalue weighted by atomic mass is 10.0. The van der Waals surface area contributed by atoms with E-state index in [-0.39, 0.29) is 30.7 Å². The normalized spacial score (nSPS) is 11.0. The number of nitrogens with zero attached hydrogens (tertiary/aromatic N) is 3. The van der Waals surface area contributed by atoms with E-state index in [1.165, 1.54) is 11.8 Å². The van der Waals surface area contributed by atoms with Crippen molar-refractivity contribution in [2.24, 2.45) is 0 Å². The summed E-state index contributed by atoms with van der Waals surface area (Å²) in [5.74, 6) is 1.52. The molecule has 10 heteroatoms. The minimum Gasteiger partial charge on any atom is -0.483 e. The van der Waals surface area contributed by atoms with Gasteiger partial charge in [0.15, 0.2) is 17.6 Å². The van der Waals surface area contributed by atoms with Crippen molar-refractivity contribution in [1.82, 2.24) is 20.1 Å². The number of aryl methyl sites for hydroxylation is 2. The number of nitrogens with one attached hydrogen (secondary N) is 2. The van der Waals surface area contributed by atoms with Gasteiger partial charge in [0.2, 0.25) is 5.91 Å². The number of carbonyl (C=O) groups is 2. The number of rotatable bonds is 11. The fraction of sp³-hybridized carbons (Fsp3) is 0.385. The van der Waals surface area contributed by atoms with Crippen LogP contribution in [-0.4, -0.2) is 38.9 Å². The van der Waals surface area contributed by atoms with Crippen LogP contribution < -0.4 is 15.4 Å². The van der Waals surface area contributed by atoms with Gasteiger partial charge in [-0.2, -0.15) is 0 Å². The summed E-state index contributed by atoms with van der Waals surface area (Å²) >= 11 is 3.60. The average molecular weight is 622 g/mol. The van der Waals surface area contributed by atoms with Crippen molar-refractivity contribution in [3.05, 3.63) is 62.5 Å². The molecule has 8 nitrogen and oxygen atoms in total. The van der Waals surface area contributed by atoms with Crippen molar-refractivity contribution in [3.8, 4) is 5.75 Å². The fourth-order valence-electron chi connectivity index (χ4n) is 3.71. The second-order valence-corrected chi connectivity index (χ2v) is 10.8. The number of amides is 2.